The van der Waals surface area contributed by atoms with Crippen molar-refractivity contribution in [3.8, 4) is 0 Å². The first-order valence-corrected chi connectivity index (χ1v) is 7.74. The molecule has 1 aliphatic rings. The average molecular weight is 388 g/mol. The number of nitrogens with one attached hydrogen (secondary N) is 1. The number of rotatable bonds is 5. The van der Waals surface area contributed by atoms with E-state index < -0.39 is 59.5 Å². The maximum atomic E-state index is 13.6. The van der Waals surface area contributed by atoms with E-state index in [0.29, 0.717) is 10.8 Å². The molecule has 1 aliphatic heterocycles. The van der Waals surface area contributed by atoms with Crippen LogP contribution in [0.2, 0.25) is 0 Å². The highest BCUT2D eigenvalue weighted by molar-refractivity contribution is 5.67. The minimum absolute atomic E-state index is 0.387. The molecule has 148 valence electrons. The van der Waals surface area contributed by atoms with Crippen LogP contribution in [0.15, 0.2) is 15.8 Å². The fraction of sp³-hybridized carbons (Fsp3) is 0.533. The third kappa shape index (κ3) is 4.78. The molecule has 2 heterocycles. The highest BCUT2D eigenvalue weighted by Gasteiger charge is 2.51. The van der Waals surface area contributed by atoms with E-state index >= 15 is 0 Å². The fourth-order valence-electron chi connectivity index (χ4n) is 2.57. The van der Waals surface area contributed by atoms with Crippen molar-refractivity contribution in [1.29, 1.82) is 0 Å². The zero-order valence-electron chi connectivity index (χ0n) is 14.6. The summed E-state index contributed by atoms with van der Waals surface area (Å²) in [6.07, 6.45) is -4.61. The third-order valence-corrected chi connectivity index (χ3v) is 3.54. The molecule has 0 aliphatic carbocycles. The first-order chi connectivity index (χ1) is 12.6. The number of carbonyl (C=O) groups excluding carboxylic acids is 3. The Morgan fingerprint density at radius 1 is 1.11 bits per heavy atom. The van der Waals surface area contributed by atoms with Crippen molar-refractivity contribution in [2.24, 2.45) is 0 Å². The van der Waals surface area contributed by atoms with Gasteiger partial charge in [-0.3, -0.25) is 28.7 Å². The SMILES string of the molecule is CC(=O)OC[C@@H]1O[C@@H](n2cc(F)c(=O)[nH]c2=O)[C@@H](OC(C)=O)[C@H]1OC(C)=O. The second kappa shape index (κ2) is 8.12. The number of aromatic nitrogens is 2. The van der Waals surface area contributed by atoms with Crippen LogP contribution in [0.1, 0.15) is 27.0 Å². The van der Waals surface area contributed by atoms with Gasteiger partial charge in [-0.05, 0) is 0 Å². The Morgan fingerprint density at radius 2 is 1.70 bits per heavy atom. The molecule has 1 N–H and O–H groups in total. The quantitative estimate of drug-likeness (QED) is 0.496. The van der Waals surface area contributed by atoms with Crippen molar-refractivity contribution < 1.29 is 37.7 Å². The molecule has 0 spiro atoms. The van der Waals surface area contributed by atoms with E-state index in [9.17, 15) is 28.4 Å². The van der Waals surface area contributed by atoms with Crippen molar-refractivity contribution in [2.45, 2.75) is 45.3 Å². The molecular weight excluding hydrogens is 371 g/mol. The summed E-state index contributed by atoms with van der Waals surface area (Å²) in [5.41, 5.74) is -2.29. The first kappa shape index (κ1) is 20.3. The molecule has 12 heteroatoms. The Morgan fingerprint density at radius 3 is 2.26 bits per heavy atom. The van der Waals surface area contributed by atoms with Gasteiger partial charge in [-0.25, -0.2) is 4.79 Å². The van der Waals surface area contributed by atoms with Crippen molar-refractivity contribution in [1.82, 2.24) is 9.55 Å². The van der Waals surface area contributed by atoms with Crippen molar-refractivity contribution in [2.75, 3.05) is 6.61 Å². The summed E-state index contributed by atoms with van der Waals surface area (Å²) in [6.45, 7) is 2.91. The molecule has 2 rings (SSSR count). The second-order valence-electron chi connectivity index (χ2n) is 5.66. The van der Waals surface area contributed by atoms with Crippen molar-refractivity contribution in [3.05, 3.63) is 32.9 Å². The highest BCUT2D eigenvalue weighted by atomic mass is 19.1. The summed E-state index contributed by atoms with van der Waals surface area (Å²) in [7, 11) is 0. The van der Waals surface area contributed by atoms with E-state index in [1.165, 1.54) is 0 Å². The Hall–Kier alpha value is -3.02. The number of halogens is 1. The monoisotopic (exact) mass is 388 g/mol. The van der Waals surface area contributed by atoms with E-state index in [4.69, 9.17) is 18.9 Å². The standard InChI is InChI=1S/C15H17FN2O9/c1-6(19)24-5-10-11(25-7(2)20)12(26-8(3)21)14(27-10)18-4-9(16)13(22)17-15(18)23/h4,10-12,14H,5H2,1-3H3,(H,17,22,23)/t10-,11-,12-,14+/m0/s1. The average Bonchev–Trinajstić information content (AvgIpc) is 2.85. The normalized spacial score (nSPS) is 24.3. The zero-order chi connectivity index (χ0) is 20.3. The third-order valence-electron chi connectivity index (χ3n) is 3.54. The van der Waals surface area contributed by atoms with Gasteiger partial charge in [0, 0.05) is 20.8 Å². The highest BCUT2D eigenvalue weighted by Crippen LogP contribution is 2.33. The predicted molar refractivity (Wildman–Crippen MR) is 82.9 cm³/mol. The van der Waals surface area contributed by atoms with Gasteiger partial charge in [-0.1, -0.05) is 0 Å². The molecule has 0 saturated carbocycles. The smallest absolute Gasteiger partial charge is 0.330 e. The molecule has 0 amide bonds. The van der Waals surface area contributed by atoms with Crippen LogP contribution >= 0.6 is 0 Å². The summed E-state index contributed by atoms with van der Waals surface area (Å²) in [5.74, 6) is -3.49. The van der Waals surface area contributed by atoms with Crippen LogP contribution in [0.25, 0.3) is 0 Å². The maximum absolute atomic E-state index is 13.6. The molecular formula is C15H17FN2O9. The lowest BCUT2D eigenvalue weighted by molar-refractivity contribution is -0.166. The molecule has 0 aromatic carbocycles. The van der Waals surface area contributed by atoms with Crippen LogP contribution in [0.5, 0.6) is 0 Å². The Labute approximate surface area is 151 Å². The van der Waals surface area contributed by atoms with E-state index in [-0.39, 0.29) is 6.61 Å². The van der Waals surface area contributed by atoms with Crippen LogP contribution in [-0.2, 0) is 33.3 Å². The minimum Gasteiger partial charge on any atom is -0.463 e. The van der Waals surface area contributed by atoms with Gasteiger partial charge < -0.3 is 18.9 Å². The van der Waals surface area contributed by atoms with Gasteiger partial charge >= 0.3 is 23.6 Å². The number of hydrogen-bond donors (Lipinski definition) is 1. The van der Waals surface area contributed by atoms with Gasteiger partial charge in [0.2, 0.25) is 5.82 Å². The van der Waals surface area contributed by atoms with Crippen LogP contribution in [0.4, 0.5) is 4.39 Å². The molecule has 0 unspecified atom stereocenters. The summed E-state index contributed by atoms with van der Waals surface area (Å²) in [5, 5.41) is 0. The van der Waals surface area contributed by atoms with Crippen molar-refractivity contribution in [3.63, 3.8) is 0 Å². The van der Waals surface area contributed by atoms with Gasteiger partial charge in [-0.2, -0.15) is 4.39 Å². The first-order valence-electron chi connectivity index (χ1n) is 7.74. The maximum Gasteiger partial charge on any atom is 0.330 e. The topological polar surface area (TPSA) is 143 Å². The van der Waals surface area contributed by atoms with E-state index in [1.807, 2.05) is 0 Å². The molecule has 1 aromatic rings. The molecule has 27 heavy (non-hydrogen) atoms. The molecule has 11 nitrogen and oxygen atoms in total. The van der Waals surface area contributed by atoms with Crippen molar-refractivity contribution >= 4 is 17.9 Å². The summed E-state index contributed by atoms with van der Waals surface area (Å²) < 4.78 is 34.9. The molecule has 1 fully saturated rings. The number of nitrogens with zero attached hydrogens (tertiary/aromatic N) is 1. The van der Waals surface area contributed by atoms with Crippen LogP contribution in [0.3, 0.4) is 0 Å². The zero-order valence-corrected chi connectivity index (χ0v) is 14.6. The number of ether oxygens (including phenoxy) is 4. The summed E-state index contributed by atoms with van der Waals surface area (Å²) >= 11 is 0. The number of H-pyrrole nitrogens is 1. The van der Waals surface area contributed by atoms with Crippen LogP contribution in [0, 0.1) is 5.82 Å². The van der Waals surface area contributed by atoms with Gasteiger partial charge in [0.25, 0.3) is 5.56 Å². The van der Waals surface area contributed by atoms with Gasteiger partial charge in [-0.15, -0.1) is 0 Å². The molecule has 0 bridgehead atoms. The number of hydrogen-bond acceptors (Lipinski definition) is 9. The number of esters is 3. The second-order valence-corrected chi connectivity index (χ2v) is 5.66. The number of aromatic amines is 1. The fourth-order valence-corrected chi connectivity index (χ4v) is 2.57. The largest absolute Gasteiger partial charge is 0.463 e. The Bertz CT molecular complexity index is 862. The van der Waals surface area contributed by atoms with Gasteiger partial charge in [0.15, 0.2) is 18.4 Å². The van der Waals surface area contributed by atoms with Gasteiger partial charge in [0.05, 0.1) is 6.20 Å². The van der Waals surface area contributed by atoms with E-state index in [2.05, 4.69) is 0 Å². The molecule has 1 saturated heterocycles. The number of carbonyl (C=O) groups is 3. The Kier molecular flexibility index (Phi) is 6.10. The lowest BCUT2D eigenvalue weighted by Crippen LogP contribution is -2.42. The lowest BCUT2D eigenvalue weighted by atomic mass is 10.1. The minimum atomic E-state index is -1.45. The lowest BCUT2D eigenvalue weighted by Gasteiger charge is -2.23. The van der Waals surface area contributed by atoms with Crippen LogP contribution in [-0.4, -0.2) is 52.4 Å². The molecule has 0 radical (unpaired) electrons. The molecule has 1 aromatic heterocycles. The van der Waals surface area contributed by atoms with E-state index in [0.717, 1.165) is 20.8 Å². The Balaban J connectivity index is 2.47. The summed E-state index contributed by atoms with van der Waals surface area (Å²) in [6, 6.07) is 0. The van der Waals surface area contributed by atoms with Crippen LogP contribution < -0.4 is 11.2 Å². The molecule has 4 atom stereocenters. The van der Waals surface area contributed by atoms with Gasteiger partial charge in [0.1, 0.15) is 12.7 Å². The van der Waals surface area contributed by atoms with E-state index in [1.54, 1.807) is 4.98 Å². The summed E-state index contributed by atoms with van der Waals surface area (Å²) in [4.78, 5) is 58.9. The predicted octanol–water partition coefficient (Wildman–Crippen LogP) is -1.00.